The maximum atomic E-state index is 12.4. The average Bonchev–Trinajstić information content (AvgIpc) is 2.94. The largest absolute Gasteiger partial charge is 0.481 e. The molecule has 0 aliphatic carbocycles. The first-order valence-corrected chi connectivity index (χ1v) is 8.36. The van der Waals surface area contributed by atoms with E-state index in [0.29, 0.717) is 39.0 Å². The van der Waals surface area contributed by atoms with Gasteiger partial charge in [-0.3, -0.25) is 19.2 Å². The summed E-state index contributed by atoms with van der Waals surface area (Å²) in [6.45, 7) is 3.65. The van der Waals surface area contributed by atoms with Crippen molar-refractivity contribution in [2.75, 3.05) is 39.8 Å². The molecule has 1 N–H and O–H groups in total. The fourth-order valence-electron chi connectivity index (χ4n) is 3.31. The molecule has 0 bridgehead atoms. The number of carbonyl (C=O) groups excluding carboxylic acids is 3. The highest BCUT2D eigenvalue weighted by atomic mass is 16.4. The van der Waals surface area contributed by atoms with E-state index in [4.69, 9.17) is 5.11 Å². The SMILES string of the molecule is CCN1CC(C(=O)N(C)CC(=O)N2CCC(C(=O)O)CC2)CC1=O. The minimum absolute atomic E-state index is 0.0219. The molecule has 2 aliphatic heterocycles. The number of carboxylic acid groups (broad SMARTS) is 1. The van der Waals surface area contributed by atoms with Crippen molar-refractivity contribution in [2.24, 2.45) is 11.8 Å². The Morgan fingerprint density at radius 2 is 1.83 bits per heavy atom. The van der Waals surface area contributed by atoms with Crippen LogP contribution in [-0.4, -0.2) is 83.3 Å². The van der Waals surface area contributed by atoms with Gasteiger partial charge < -0.3 is 19.8 Å². The van der Waals surface area contributed by atoms with Crippen LogP contribution in [0.25, 0.3) is 0 Å². The van der Waals surface area contributed by atoms with Gasteiger partial charge in [0, 0.05) is 39.6 Å². The van der Waals surface area contributed by atoms with Crippen LogP contribution in [0, 0.1) is 11.8 Å². The van der Waals surface area contributed by atoms with Crippen LogP contribution < -0.4 is 0 Å². The van der Waals surface area contributed by atoms with Crippen molar-refractivity contribution < 1.29 is 24.3 Å². The number of likely N-dealkylation sites (N-methyl/N-ethyl adjacent to an activating group) is 1. The zero-order valence-corrected chi connectivity index (χ0v) is 14.2. The summed E-state index contributed by atoms with van der Waals surface area (Å²) in [5.41, 5.74) is 0. The first-order chi connectivity index (χ1) is 11.3. The standard InChI is InChI=1S/C16H25N3O5/c1-3-18-9-12(8-13(18)20)15(22)17(2)10-14(21)19-6-4-11(5-7-19)16(23)24/h11-12H,3-10H2,1-2H3,(H,23,24). The van der Waals surface area contributed by atoms with Crippen molar-refractivity contribution in [1.29, 1.82) is 0 Å². The number of piperidine rings is 1. The van der Waals surface area contributed by atoms with E-state index in [0.717, 1.165) is 0 Å². The Labute approximate surface area is 141 Å². The molecule has 0 aromatic carbocycles. The molecular formula is C16H25N3O5. The Hall–Kier alpha value is -2.12. The highest BCUT2D eigenvalue weighted by Crippen LogP contribution is 2.20. The molecule has 0 radical (unpaired) electrons. The summed E-state index contributed by atoms with van der Waals surface area (Å²) in [5.74, 6) is -1.97. The molecule has 1 unspecified atom stereocenters. The summed E-state index contributed by atoms with van der Waals surface area (Å²) in [5, 5.41) is 8.98. The van der Waals surface area contributed by atoms with Crippen LogP contribution in [0.2, 0.25) is 0 Å². The van der Waals surface area contributed by atoms with Crippen LogP contribution in [-0.2, 0) is 19.2 Å². The summed E-state index contributed by atoms with van der Waals surface area (Å²) in [7, 11) is 1.57. The van der Waals surface area contributed by atoms with E-state index in [1.54, 1.807) is 16.8 Å². The lowest BCUT2D eigenvalue weighted by atomic mass is 9.97. The topological polar surface area (TPSA) is 98.2 Å². The molecule has 24 heavy (non-hydrogen) atoms. The Kier molecular flexibility index (Phi) is 5.80. The van der Waals surface area contributed by atoms with Crippen LogP contribution in [0.3, 0.4) is 0 Å². The summed E-state index contributed by atoms with van der Waals surface area (Å²) in [6, 6.07) is 0. The molecule has 2 rings (SSSR count). The molecule has 0 spiro atoms. The van der Waals surface area contributed by atoms with E-state index in [1.165, 1.54) is 4.90 Å². The normalized spacial score (nSPS) is 21.9. The van der Waals surface area contributed by atoms with Crippen molar-refractivity contribution in [2.45, 2.75) is 26.2 Å². The van der Waals surface area contributed by atoms with E-state index in [2.05, 4.69) is 0 Å². The van der Waals surface area contributed by atoms with Gasteiger partial charge in [-0.05, 0) is 19.8 Å². The van der Waals surface area contributed by atoms with Crippen LogP contribution in [0.1, 0.15) is 26.2 Å². The van der Waals surface area contributed by atoms with E-state index >= 15 is 0 Å². The van der Waals surface area contributed by atoms with Crippen molar-refractivity contribution in [3.63, 3.8) is 0 Å². The van der Waals surface area contributed by atoms with Gasteiger partial charge >= 0.3 is 5.97 Å². The van der Waals surface area contributed by atoms with E-state index < -0.39 is 11.9 Å². The predicted octanol–water partition coefficient (Wildman–Crippen LogP) is -0.364. The summed E-state index contributed by atoms with van der Waals surface area (Å²) < 4.78 is 0. The van der Waals surface area contributed by atoms with Gasteiger partial charge in [-0.2, -0.15) is 0 Å². The van der Waals surface area contributed by atoms with Crippen molar-refractivity contribution in [1.82, 2.24) is 14.7 Å². The molecule has 2 saturated heterocycles. The average molecular weight is 339 g/mol. The molecule has 3 amide bonds. The van der Waals surface area contributed by atoms with Gasteiger partial charge in [0.05, 0.1) is 18.4 Å². The minimum Gasteiger partial charge on any atom is -0.481 e. The number of hydrogen-bond donors (Lipinski definition) is 1. The molecule has 0 aromatic heterocycles. The third-order valence-corrected chi connectivity index (χ3v) is 4.89. The highest BCUT2D eigenvalue weighted by Gasteiger charge is 2.36. The molecule has 1 atom stereocenters. The Morgan fingerprint density at radius 1 is 1.21 bits per heavy atom. The Balaban J connectivity index is 1.82. The molecule has 0 aromatic rings. The van der Waals surface area contributed by atoms with Gasteiger partial charge in [0.25, 0.3) is 0 Å². The van der Waals surface area contributed by atoms with Gasteiger partial charge in [-0.15, -0.1) is 0 Å². The third kappa shape index (κ3) is 4.04. The lowest BCUT2D eigenvalue weighted by molar-refractivity contribution is -0.147. The fourth-order valence-corrected chi connectivity index (χ4v) is 3.31. The number of carbonyl (C=O) groups is 4. The van der Waals surface area contributed by atoms with Crippen molar-refractivity contribution in [3.8, 4) is 0 Å². The van der Waals surface area contributed by atoms with Crippen molar-refractivity contribution >= 4 is 23.7 Å². The van der Waals surface area contributed by atoms with Gasteiger partial charge in [-0.25, -0.2) is 0 Å². The number of aliphatic carboxylic acids is 1. The smallest absolute Gasteiger partial charge is 0.306 e. The second-order valence-electron chi connectivity index (χ2n) is 6.52. The second kappa shape index (κ2) is 7.63. The van der Waals surface area contributed by atoms with Gasteiger partial charge in [0.2, 0.25) is 17.7 Å². The van der Waals surface area contributed by atoms with Crippen LogP contribution >= 0.6 is 0 Å². The fraction of sp³-hybridized carbons (Fsp3) is 0.750. The monoisotopic (exact) mass is 339 g/mol. The number of likely N-dealkylation sites (tertiary alicyclic amines) is 2. The van der Waals surface area contributed by atoms with E-state index in [1.807, 2.05) is 6.92 Å². The lowest BCUT2D eigenvalue weighted by Crippen LogP contribution is -2.46. The van der Waals surface area contributed by atoms with Gasteiger partial charge in [0.1, 0.15) is 0 Å². The molecule has 2 fully saturated rings. The number of amides is 3. The zero-order chi connectivity index (χ0) is 17.9. The van der Waals surface area contributed by atoms with Crippen molar-refractivity contribution in [3.05, 3.63) is 0 Å². The predicted molar refractivity (Wildman–Crippen MR) is 84.9 cm³/mol. The minimum atomic E-state index is -0.819. The van der Waals surface area contributed by atoms with E-state index in [-0.39, 0.29) is 36.6 Å². The number of carboxylic acids is 1. The maximum Gasteiger partial charge on any atom is 0.306 e. The first kappa shape index (κ1) is 18.2. The molecule has 8 nitrogen and oxygen atoms in total. The van der Waals surface area contributed by atoms with Crippen LogP contribution in [0.4, 0.5) is 0 Å². The van der Waals surface area contributed by atoms with Gasteiger partial charge in [0.15, 0.2) is 0 Å². The first-order valence-electron chi connectivity index (χ1n) is 8.36. The summed E-state index contributed by atoms with van der Waals surface area (Å²) in [4.78, 5) is 52.0. The van der Waals surface area contributed by atoms with Crippen LogP contribution in [0.5, 0.6) is 0 Å². The third-order valence-electron chi connectivity index (χ3n) is 4.89. The Morgan fingerprint density at radius 3 is 2.33 bits per heavy atom. The highest BCUT2D eigenvalue weighted by molar-refractivity contribution is 5.91. The molecule has 2 aliphatic rings. The summed E-state index contributed by atoms with van der Waals surface area (Å²) in [6.07, 6.45) is 1.10. The summed E-state index contributed by atoms with van der Waals surface area (Å²) >= 11 is 0. The number of rotatable bonds is 5. The van der Waals surface area contributed by atoms with Gasteiger partial charge in [-0.1, -0.05) is 0 Å². The molecule has 2 heterocycles. The lowest BCUT2D eigenvalue weighted by Gasteiger charge is -2.31. The quantitative estimate of drug-likeness (QED) is 0.737. The maximum absolute atomic E-state index is 12.4. The molecule has 8 heteroatoms. The molecule has 134 valence electrons. The number of hydrogen-bond acceptors (Lipinski definition) is 4. The van der Waals surface area contributed by atoms with E-state index in [9.17, 15) is 19.2 Å². The Bertz CT molecular complexity index is 528. The zero-order valence-electron chi connectivity index (χ0n) is 14.2. The molecular weight excluding hydrogens is 314 g/mol. The van der Waals surface area contributed by atoms with Crippen LogP contribution in [0.15, 0.2) is 0 Å². The number of nitrogens with zero attached hydrogens (tertiary/aromatic N) is 3. The second-order valence-corrected chi connectivity index (χ2v) is 6.52. The molecule has 0 saturated carbocycles.